The molecule has 0 saturated heterocycles. The molecule has 0 saturated carbocycles. The Balaban J connectivity index is 0.000000115. The van der Waals surface area contributed by atoms with Crippen molar-refractivity contribution in [3.8, 4) is 149 Å². The van der Waals surface area contributed by atoms with Crippen molar-refractivity contribution in [2.75, 3.05) is 0 Å². The molecule has 14 heteroatoms. The fourth-order valence-electron chi connectivity index (χ4n) is 22.2. The third-order valence-corrected chi connectivity index (χ3v) is 28.7. The van der Waals surface area contributed by atoms with Crippen LogP contribution < -0.4 is 0 Å². The molecule has 682 valence electrons. The van der Waals surface area contributed by atoms with Crippen molar-refractivity contribution in [3.63, 3.8) is 0 Å². The van der Waals surface area contributed by atoms with E-state index in [2.05, 4.69) is 349 Å². The van der Waals surface area contributed by atoms with E-state index in [0.29, 0.717) is 44.5 Å². The Morgan fingerprint density at radius 2 is 0.378 bits per heavy atom. The highest BCUT2D eigenvalue weighted by atomic mass is 15.0. The Kier molecular flexibility index (Phi) is 21.7. The molecule has 27 rings (SSSR count). The van der Waals surface area contributed by atoms with Crippen molar-refractivity contribution in [1.29, 1.82) is 42.1 Å². The first-order valence-electron chi connectivity index (χ1n) is 48.5. The summed E-state index contributed by atoms with van der Waals surface area (Å²) in [5, 5.41) is 91.5. The number of nitriles is 8. The number of para-hydroxylation sites is 10. The average molecular weight is 1880 g/mol. The minimum atomic E-state index is 0.578. The lowest BCUT2D eigenvalue weighted by Gasteiger charge is -2.15. The van der Waals surface area contributed by atoms with Gasteiger partial charge in [-0.3, -0.25) is 0 Å². The van der Waals surface area contributed by atoms with E-state index in [0.717, 1.165) is 210 Å². The van der Waals surface area contributed by atoms with Gasteiger partial charge in [-0.1, -0.05) is 261 Å². The van der Waals surface area contributed by atoms with Crippen LogP contribution in [0, 0.1) is 90.6 Å². The van der Waals surface area contributed by atoms with E-state index < -0.39 is 0 Å². The van der Waals surface area contributed by atoms with Gasteiger partial charge >= 0.3 is 0 Å². The van der Waals surface area contributed by atoms with Crippen LogP contribution >= 0.6 is 0 Å². The lowest BCUT2D eigenvalue weighted by atomic mass is 9.92. The summed E-state index contributed by atoms with van der Waals surface area (Å²) in [5.41, 5.74) is 35.7. The van der Waals surface area contributed by atoms with Gasteiger partial charge in [0.1, 0.15) is 18.2 Å². The van der Waals surface area contributed by atoms with E-state index in [1.807, 2.05) is 188 Å². The predicted octanol–water partition coefficient (Wildman–Crippen LogP) is 32.6. The molecule has 0 bridgehead atoms. The third kappa shape index (κ3) is 14.5. The topological polar surface area (TPSA) is 220 Å². The summed E-state index contributed by atoms with van der Waals surface area (Å²) in [7, 11) is 0. The zero-order valence-corrected chi connectivity index (χ0v) is 79.1. The lowest BCUT2D eigenvalue weighted by molar-refractivity contribution is 1.17. The monoisotopic (exact) mass is 1880 g/mol. The molecule has 0 atom stereocenters. The second-order valence-corrected chi connectivity index (χ2v) is 36.6. The molecule has 6 aromatic heterocycles. The highest BCUT2D eigenvalue weighted by molar-refractivity contribution is 6.21. The minimum Gasteiger partial charge on any atom is -0.309 e. The van der Waals surface area contributed by atoms with E-state index in [-0.39, 0.29) is 0 Å². The van der Waals surface area contributed by atoms with Crippen molar-refractivity contribution >= 4 is 131 Å². The second kappa shape index (κ2) is 36.5. The molecule has 0 amide bonds. The first-order valence-corrected chi connectivity index (χ1v) is 48.5. The Bertz CT molecular complexity index is 10600. The van der Waals surface area contributed by atoms with Crippen LogP contribution in [0.3, 0.4) is 0 Å². The summed E-state index contributed by atoms with van der Waals surface area (Å²) in [4.78, 5) is 0. The van der Waals surface area contributed by atoms with Gasteiger partial charge in [0, 0.05) is 98.4 Å². The highest BCUT2D eigenvalue weighted by Gasteiger charge is 2.28. The first kappa shape index (κ1) is 87.8. The SMILES string of the molecule is N#Cc1ccc(-n2c3ccc(C#N)cc3c3cccc(-c4ccccc4-c4ccc5c(c4)c4ccccc4n5-c4ccccc4C#N)c32)cc1.N#Cc1ccc2c(c1)c1cc(-c3ccccc3-c3cccc4c5ccccc5n(-c5ccccc5)c34)ccc1n2-c1ccccc1C#N.N#Cc1cccc(-n2c3ccc(C#N)cc3c3cccc(-c4ccccc4-c4ccc5c(c4)c4ccccc4n5-c4ccccc4C#N)c32)c1. The average Bonchev–Trinajstić information content (AvgIpc) is 1.58. The summed E-state index contributed by atoms with van der Waals surface area (Å²) in [5.74, 6) is 0. The molecular weight excluding hydrogens is 1810 g/mol. The molecule has 6 heterocycles. The summed E-state index contributed by atoms with van der Waals surface area (Å²) in [6, 6.07) is 175. The van der Waals surface area contributed by atoms with Gasteiger partial charge in [0.05, 0.1) is 158 Å². The van der Waals surface area contributed by atoms with Gasteiger partial charge in [-0.25, -0.2) is 0 Å². The molecule has 148 heavy (non-hydrogen) atoms. The fourth-order valence-corrected chi connectivity index (χ4v) is 22.2. The molecule has 21 aromatic carbocycles. The zero-order chi connectivity index (χ0) is 99.7. The summed E-state index contributed by atoms with van der Waals surface area (Å²) < 4.78 is 13.3. The molecule has 14 nitrogen and oxygen atoms in total. The molecule has 27 aromatic rings. The summed E-state index contributed by atoms with van der Waals surface area (Å²) >= 11 is 0. The van der Waals surface area contributed by atoms with Gasteiger partial charge in [0.25, 0.3) is 0 Å². The van der Waals surface area contributed by atoms with Gasteiger partial charge < -0.3 is 27.4 Å². The van der Waals surface area contributed by atoms with Crippen molar-refractivity contribution in [2.24, 2.45) is 0 Å². The number of nitrogens with zero attached hydrogens (tertiary/aromatic N) is 14. The fraction of sp³-hybridized carbons (Fsp3) is 0. The molecule has 0 N–H and O–H groups in total. The standard InChI is InChI=1S/2C45H25N5.C44H26N4/c46-26-29-9-7-11-33(23-29)49-43-21-19-30(27-47)24-39(43)38-16-8-15-37(45(38)49)35-13-3-2-12-34(35)31-20-22-44-40(25-31)36-14-4-6-18-42(36)50(44)41-17-5-1-10-32(41)28-48;46-26-29-16-20-33(21-17-29)49-43-22-18-30(27-47)24-39(43)38-13-7-12-37(45(38)49)35-10-3-2-9-34(35)31-19-23-44-40(25-31)36-11-4-6-15-42(36)50(44)41-14-5-1-8-32(41)28-48;45-27-29-21-23-42-38(25-29)39-26-30(22-24-43(39)48(42)40-19-8-4-11-31(40)28-46)33-14-5-6-15-34(33)36-17-10-18-37-35-16-7-9-20-41(35)47(44(36)37)32-12-2-1-3-13-32/h2*1-25H;1-26H. The molecule has 0 aliphatic rings. The lowest BCUT2D eigenvalue weighted by Crippen LogP contribution is -1.97. The third-order valence-electron chi connectivity index (χ3n) is 28.7. The first-order chi connectivity index (χ1) is 73.1. The smallest absolute Gasteiger partial charge is 0.101 e. The van der Waals surface area contributed by atoms with Crippen LogP contribution in [0.25, 0.3) is 232 Å². The van der Waals surface area contributed by atoms with Crippen molar-refractivity contribution in [2.45, 2.75) is 0 Å². The highest BCUT2D eigenvalue weighted by Crippen LogP contribution is 2.50. The summed E-state index contributed by atoms with van der Waals surface area (Å²) in [6.07, 6.45) is 0. The van der Waals surface area contributed by atoms with E-state index in [4.69, 9.17) is 0 Å². The Morgan fingerprint density at radius 1 is 0.135 bits per heavy atom. The second-order valence-electron chi connectivity index (χ2n) is 36.6. The predicted molar refractivity (Wildman–Crippen MR) is 596 cm³/mol. The van der Waals surface area contributed by atoms with Gasteiger partial charge in [0.2, 0.25) is 0 Å². The quantitative estimate of drug-likeness (QED) is 0.114. The van der Waals surface area contributed by atoms with Crippen molar-refractivity contribution in [3.05, 3.63) is 506 Å². The van der Waals surface area contributed by atoms with Crippen LogP contribution in [0.4, 0.5) is 0 Å². The van der Waals surface area contributed by atoms with Gasteiger partial charge in [-0.2, -0.15) is 42.1 Å². The molecular formula is C134H76N14. The number of hydrogen-bond donors (Lipinski definition) is 0. The molecule has 0 radical (unpaired) electrons. The Hall–Kier alpha value is -21.7. The number of rotatable bonds is 12. The van der Waals surface area contributed by atoms with E-state index in [1.165, 1.54) is 21.8 Å². The van der Waals surface area contributed by atoms with Crippen LogP contribution in [-0.2, 0) is 0 Å². The van der Waals surface area contributed by atoms with Crippen LogP contribution in [-0.4, -0.2) is 27.4 Å². The Morgan fingerprint density at radius 3 is 0.764 bits per heavy atom. The zero-order valence-electron chi connectivity index (χ0n) is 79.1. The Labute approximate surface area is 849 Å². The van der Waals surface area contributed by atoms with Crippen LogP contribution in [0.5, 0.6) is 0 Å². The number of benzene rings is 21. The van der Waals surface area contributed by atoms with E-state index in [1.54, 1.807) is 0 Å². The molecule has 0 unspecified atom stereocenters. The number of fused-ring (bicyclic) bond motifs is 18. The number of aromatic nitrogens is 6. The maximum atomic E-state index is 9.98. The summed E-state index contributed by atoms with van der Waals surface area (Å²) in [6.45, 7) is 0. The van der Waals surface area contributed by atoms with Gasteiger partial charge in [0.15, 0.2) is 0 Å². The van der Waals surface area contributed by atoms with E-state index in [9.17, 15) is 42.1 Å². The molecule has 0 aliphatic heterocycles. The molecule has 0 spiro atoms. The van der Waals surface area contributed by atoms with Gasteiger partial charge in [-0.15, -0.1) is 0 Å². The number of hydrogen-bond acceptors (Lipinski definition) is 8. The largest absolute Gasteiger partial charge is 0.309 e. The minimum absolute atomic E-state index is 0.578. The van der Waals surface area contributed by atoms with Gasteiger partial charge in [-0.05, 0) is 250 Å². The van der Waals surface area contributed by atoms with Crippen LogP contribution in [0.15, 0.2) is 461 Å². The van der Waals surface area contributed by atoms with E-state index >= 15 is 0 Å². The van der Waals surface area contributed by atoms with Crippen LogP contribution in [0.1, 0.15) is 44.5 Å². The van der Waals surface area contributed by atoms with Crippen LogP contribution in [0.2, 0.25) is 0 Å². The van der Waals surface area contributed by atoms with Crippen molar-refractivity contribution < 1.29 is 0 Å². The normalized spacial score (nSPS) is 11.2. The maximum Gasteiger partial charge on any atom is 0.101 e. The molecule has 0 fully saturated rings. The van der Waals surface area contributed by atoms with Crippen molar-refractivity contribution in [1.82, 2.24) is 27.4 Å². The molecule has 0 aliphatic carbocycles. The maximum absolute atomic E-state index is 9.98.